The summed E-state index contributed by atoms with van der Waals surface area (Å²) in [6.45, 7) is 0.123. The molecule has 1 aromatic heterocycles. The molecule has 1 unspecified atom stereocenters. The van der Waals surface area contributed by atoms with Gasteiger partial charge in [0.05, 0.1) is 12.8 Å². The highest BCUT2D eigenvalue weighted by Crippen LogP contribution is 2.25. The summed E-state index contributed by atoms with van der Waals surface area (Å²) < 4.78 is 4.96. The quantitative estimate of drug-likeness (QED) is 0.759. The minimum atomic E-state index is -0.772. The van der Waals surface area contributed by atoms with Crippen molar-refractivity contribution in [2.24, 2.45) is 5.73 Å². The second-order valence-corrected chi connectivity index (χ2v) is 2.90. The van der Waals surface area contributed by atoms with Gasteiger partial charge >= 0.3 is 0 Å². The lowest BCUT2D eigenvalue weighted by molar-refractivity contribution is 0.181. The zero-order valence-electron chi connectivity index (χ0n) is 7.20. The van der Waals surface area contributed by atoms with E-state index >= 15 is 0 Å². The molecule has 1 aromatic rings. The molecule has 4 nitrogen and oxygen atoms in total. The molecule has 0 fully saturated rings. The Bertz CT molecular complexity index is 293. The SMILES string of the molecule is COc1cc(C(O)CN)ncc1Cl. The lowest BCUT2D eigenvalue weighted by Crippen LogP contribution is -2.12. The van der Waals surface area contributed by atoms with Crippen LogP contribution in [0.15, 0.2) is 12.3 Å². The molecule has 0 spiro atoms. The van der Waals surface area contributed by atoms with Crippen molar-refractivity contribution in [1.82, 2.24) is 4.98 Å². The average Bonchev–Trinajstić information content (AvgIpc) is 2.17. The van der Waals surface area contributed by atoms with Crippen LogP contribution in [-0.4, -0.2) is 23.7 Å². The highest BCUT2D eigenvalue weighted by Gasteiger charge is 2.09. The predicted octanol–water partition coefficient (Wildman–Crippen LogP) is 0.736. The highest BCUT2D eigenvalue weighted by molar-refractivity contribution is 6.31. The molecular formula is C8H11ClN2O2. The molecule has 13 heavy (non-hydrogen) atoms. The molecule has 0 amide bonds. The normalized spacial score (nSPS) is 12.6. The van der Waals surface area contributed by atoms with Crippen LogP contribution in [0.5, 0.6) is 5.75 Å². The van der Waals surface area contributed by atoms with E-state index in [1.165, 1.54) is 13.3 Å². The van der Waals surface area contributed by atoms with E-state index in [2.05, 4.69) is 4.98 Å². The summed E-state index contributed by atoms with van der Waals surface area (Å²) in [5.74, 6) is 0.485. The molecule has 1 rings (SSSR count). The van der Waals surface area contributed by atoms with Crippen LogP contribution in [0, 0.1) is 0 Å². The van der Waals surface area contributed by atoms with E-state index in [1.54, 1.807) is 6.07 Å². The fraction of sp³-hybridized carbons (Fsp3) is 0.375. The van der Waals surface area contributed by atoms with Crippen LogP contribution < -0.4 is 10.5 Å². The first-order chi connectivity index (χ1) is 6.19. The fourth-order valence-electron chi connectivity index (χ4n) is 0.895. The Balaban J connectivity index is 2.99. The van der Waals surface area contributed by atoms with Gasteiger partial charge in [-0.2, -0.15) is 0 Å². The van der Waals surface area contributed by atoms with Crippen molar-refractivity contribution in [3.05, 3.63) is 23.0 Å². The van der Waals surface area contributed by atoms with Gasteiger partial charge in [-0.25, -0.2) is 0 Å². The van der Waals surface area contributed by atoms with Crippen molar-refractivity contribution in [3.8, 4) is 5.75 Å². The molecule has 1 atom stereocenters. The molecule has 0 radical (unpaired) electrons. The summed E-state index contributed by atoms with van der Waals surface area (Å²) in [7, 11) is 1.50. The Labute approximate surface area is 81.3 Å². The number of aromatic nitrogens is 1. The lowest BCUT2D eigenvalue weighted by Gasteiger charge is -2.09. The van der Waals surface area contributed by atoms with Gasteiger partial charge < -0.3 is 15.6 Å². The largest absolute Gasteiger partial charge is 0.495 e. The summed E-state index contributed by atoms with van der Waals surface area (Å²) in [5.41, 5.74) is 5.73. The van der Waals surface area contributed by atoms with Gasteiger partial charge in [-0.15, -0.1) is 0 Å². The number of rotatable bonds is 3. The van der Waals surface area contributed by atoms with Gasteiger partial charge in [0, 0.05) is 18.8 Å². The minimum Gasteiger partial charge on any atom is -0.495 e. The second-order valence-electron chi connectivity index (χ2n) is 2.50. The van der Waals surface area contributed by atoms with Crippen LogP contribution >= 0.6 is 11.6 Å². The number of pyridine rings is 1. The third-order valence-electron chi connectivity index (χ3n) is 1.63. The van der Waals surface area contributed by atoms with Crippen molar-refractivity contribution in [2.75, 3.05) is 13.7 Å². The van der Waals surface area contributed by atoms with Crippen molar-refractivity contribution in [1.29, 1.82) is 0 Å². The molecule has 0 saturated heterocycles. The number of halogens is 1. The van der Waals surface area contributed by atoms with E-state index < -0.39 is 6.10 Å². The smallest absolute Gasteiger partial charge is 0.140 e. The maximum Gasteiger partial charge on any atom is 0.140 e. The molecule has 0 aliphatic heterocycles. The second kappa shape index (κ2) is 4.41. The average molecular weight is 203 g/mol. The van der Waals surface area contributed by atoms with E-state index in [0.717, 1.165) is 0 Å². The third-order valence-corrected chi connectivity index (χ3v) is 1.91. The van der Waals surface area contributed by atoms with E-state index in [4.69, 9.17) is 22.1 Å². The van der Waals surface area contributed by atoms with Gasteiger partial charge in [-0.05, 0) is 0 Å². The molecule has 72 valence electrons. The first kappa shape index (κ1) is 10.2. The summed E-state index contributed by atoms with van der Waals surface area (Å²) in [6.07, 6.45) is 0.653. The Kier molecular flexibility index (Phi) is 3.48. The summed E-state index contributed by atoms with van der Waals surface area (Å²) in [6, 6.07) is 1.57. The first-order valence-electron chi connectivity index (χ1n) is 3.76. The molecule has 1 heterocycles. The van der Waals surface area contributed by atoms with Gasteiger partial charge in [0.25, 0.3) is 0 Å². The van der Waals surface area contributed by atoms with Crippen LogP contribution in [0.4, 0.5) is 0 Å². The Morgan fingerprint density at radius 3 is 3.00 bits per heavy atom. The molecular weight excluding hydrogens is 192 g/mol. The fourth-order valence-corrected chi connectivity index (χ4v) is 1.08. The number of ether oxygens (including phenoxy) is 1. The first-order valence-corrected chi connectivity index (χ1v) is 4.14. The van der Waals surface area contributed by atoms with E-state index in [9.17, 15) is 5.11 Å². The van der Waals surface area contributed by atoms with Crippen LogP contribution in [0.1, 0.15) is 11.8 Å². The van der Waals surface area contributed by atoms with Crippen molar-refractivity contribution >= 4 is 11.6 Å². The molecule has 5 heteroatoms. The zero-order chi connectivity index (χ0) is 9.84. The van der Waals surface area contributed by atoms with Gasteiger partial charge in [0.2, 0.25) is 0 Å². The van der Waals surface area contributed by atoms with Gasteiger partial charge in [0.1, 0.15) is 16.9 Å². The summed E-state index contributed by atoms with van der Waals surface area (Å²) in [5, 5.41) is 9.77. The van der Waals surface area contributed by atoms with Gasteiger partial charge in [-0.3, -0.25) is 4.98 Å². The molecule has 3 N–H and O–H groups in total. The number of nitrogens with zero attached hydrogens (tertiary/aromatic N) is 1. The Morgan fingerprint density at radius 2 is 2.46 bits per heavy atom. The van der Waals surface area contributed by atoms with Crippen LogP contribution in [0.2, 0.25) is 5.02 Å². The van der Waals surface area contributed by atoms with Crippen LogP contribution in [0.25, 0.3) is 0 Å². The molecule has 0 aliphatic carbocycles. The maximum atomic E-state index is 9.35. The lowest BCUT2D eigenvalue weighted by atomic mass is 10.2. The Morgan fingerprint density at radius 1 is 1.77 bits per heavy atom. The van der Waals surface area contributed by atoms with Crippen LogP contribution in [0.3, 0.4) is 0 Å². The molecule has 0 aromatic carbocycles. The van der Waals surface area contributed by atoms with Gasteiger partial charge in [0.15, 0.2) is 0 Å². The minimum absolute atomic E-state index is 0.123. The number of methoxy groups -OCH3 is 1. The monoisotopic (exact) mass is 202 g/mol. The molecule has 0 aliphatic rings. The topological polar surface area (TPSA) is 68.4 Å². The predicted molar refractivity (Wildman–Crippen MR) is 49.8 cm³/mol. The van der Waals surface area contributed by atoms with Crippen molar-refractivity contribution in [2.45, 2.75) is 6.10 Å². The number of nitrogens with two attached hydrogens (primary N) is 1. The van der Waals surface area contributed by atoms with Crippen molar-refractivity contribution < 1.29 is 9.84 Å². The zero-order valence-corrected chi connectivity index (χ0v) is 7.95. The summed E-state index contributed by atoms with van der Waals surface area (Å²) in [4.78, 5) is 3.92. The van der Waals surface area contributed by atoms with Gasteiger partial charge in [-0.1, -0.05) is 11.6 Å². The van der Waals surface area contributed by atoms with E-state index in [1.807, 2.05) is 0 Å². The number of aliphatic hydroxyl groups is 1. The Hall–Kier alpha value is -0.840. The van der Waals surface area contributed by atoms with E-state index in [-0.39, 0.29) is 6.54 Å². The number of hydrogen-bond acceptors (Lipinski definition) is 4. The standard InChI is InChI=1S/C8H11ClN2O2/c1-13-8-2-6(7(12)3-10)11-4-5(8)9/h2,4,7,12H,3,10H2,1H3. The molecule has 0 saturated carbocycles. The highest BCUT2D eigenvalue weighted by atomic mass is 35.5. The number of aliphatic hydroxyl groups excluding tert-OH is 1. The van der Waals surface area contributed by atoms with Crippen molar-refractivity contribution in [3.63, 3.8) is 0 Å². The summed E-state index contributed by atoms with van der Waals surface area (Å²) >= 11 is 5.74. The third kappa shape index (κ3) is 2.30. The maximum absolute atomic E-state index is 9.35. The van der Waals surface area contributed by atoms with E-state index in [0.29, 0.717) is 16.5 Å². The van der Waals surface area contributed by atoms with Crippen LogP contribution in [-0.2, 0) is 0 Å². The number of hydrogen-bond donors (Lipinski definition) is 2. The molecule has 0 bridgehead atoms.